The minimum absolute atomic E-state index is 0.0278. The van der Waals surface area contributed by atoms with E-state index in [1.165, 1.54) is 0 Å². The maximum atomic E-state index is 10.7. The summed E-state index contributed by atoms with van der Waals surface area (Å²) in [5.74, 6) is 0.500. The maximum absolute atomic E-state index is 10.7. The molecule has 1 heterocycles. The molecule has 52 valence electrons. The van der Waals surface area contributed by atoms with Crippen LogP contribution in [0.15, 0.2) is 0 Å². The standard InChI is InChI=1S/C7H12O2/c1-6-3-2-4-9-7(8)5-6/h6H,2-5H2,1H3. The van der Waals surface area contributed by atoms with E-state index in [9.17, 15) is 4.79 Å². The predicted molar refractivity (Wildman–Crippen MR) is 34.0 cm³/mol. The Hall–Kier alpha value is -0.530. The van der Waals surface area contributed by atoms with Gasteiger partial charge in [0.2, 0.25) is 0 Å². The van der Waals surface area contributed by atoms with Gasteiger partial charge < -0.3 is 4.74 Å². The largest absolute Gasteiger partial charge is 0.466 e. The zero-order chi connectivity index (χ0) is 6.69. The first-order valence-electron chi connectivity index (χ1n) is 3.44. The lowest BCUT2D eigenvalue weighted by Gasteiger charge is -2.00. The SMILES string of the molecule is CC1CCCOC(=O)C1. The average Bonchev–Trinajstić information content (AvgIpc) is 1.93. The van der Waals surface area contributed by atoms with E-state index >= 15 is 0 Å². The Kier molecular flexibility index (Phi) is 2.09. The average molecular weight is 128 g/mol. The van der Waals surface area contributed by atoms with Crippen LogP contribution in [-0.2, 0) is 9.53 Å². The highest BCUT2D eigenvalue weighted by Crippen LogP contribution is 2.14. The van der Waals surface area contributed by atoms with Gasteiger partial charge in [-0.2, -0.15) is 0 Å². The molecule has 1 aliphatic heterocycles. The first kappa shape index (κ1) is 6.59. The van der Waals surface area contributed by atoms with Crippen LogP contribution < -0.4 is 0 Å². The van der Waals surface area contributed by atoms with Crippen molar-refractivity contribution in [3.05, 3.63) is 0 Å². The Balaban J connectivity index is 2.37. The van der Waals surface area contributed by atoms with Crippen LogP contribution in [0.25, 0.3) is 0 Å². The summed E-state index contributed by atoms with van der Waals surface area (Å²) < 4.78 is 4.83. The Morgan fingerprint density at radius 2 is 2.44 bits per heavy atom. The summed E-state index contributed by atoms with van der Waals surface area (Å²) in [7, 11) is 0. The van der Waals surface area contributed by atoms with Crippen molar-refractivity contribution in [2.45, 2.75) is 26.2 Å². The van der Waals surface area contributed by atoms with Gasteiger partial charge in [0.05, 0.1) is 6.61 Å². The van der Waals surface area contributed by atoms with E-state index in [0.717, 1.165) is 12.8 Å². The molecule has 0 spiro atoms. The Labute approximate surface area is 55.2 Å². The minimum Gasteiger partial charge on any atom is -0.466 e. The predicted octanol–water partition coefficient (Wildman–Crippen LogP) is 1.35. The van der Waals surface area contributed by atoms with E-state index in [4.69, 9.17) is 4.74 Å². The molecule has 1 atom stereocenters. The normalized spacial score (nSPS) is 29.0. The summed E-state index contributed by atoms with van der Waals surface area (Å²) in [6, 6.07) is 0. The minimum atomic E-state index is -0.0278. The third kappa shape index (κ3) is 2.04. The fourth-order valence-electron chi connectivity index (χ4n) is 1.06. The number of esters is 1. The van der Waals surface area contributed by atoms with Crippen LogP contribution in [0.5, 0.6) is 0 Å². The van der Waals surface area contributed by atoms with Crippen molar-refractivity contribution in [1.82, 2.24) is 0 Å². The molecule has 0 aliphatic carbocycles. The third-order valence-corrected chi connectivity index (χ3v) is 1.62. The number of carbonyl (C=O) groups excluding carboxylic acids is 1. The van der Waals surface area contributed by atoms with E-state index in [1.807, 2.05) is 0 Å². The lowest BCUT2D eigenvalue weighted by molar-refractivity contribution is -0.143. The van der Waals surface area contributed by atoms with E-state index in [2.05, 4.69) is 6.92 Å². The van der Waals surface area contributed by atoms with Crippen LogP contribution in [0.2, 0.25) is 0 Å². The second-order valence-corrected chi connectivity index (χ2v) is 2.67. The lowest BCUT2D eigenvalue weighted by atomic mass is 10.0. The Bertz CT molecular complexity index is 109. The van der Waals surface area contributed by atoms with Crippen LogP contribution in [0.3, 0.4) is 0 Å². The van der Waals surface area contributed by atoms with Gasteiger partial charge in [-0.05, 0) is 18.8 Å². The summed E-state index contributed by atoms with van der Waals surface area (Å²) >= 11 is 0. The smallest absolute Gasteiger partial charge is 0.306 e. The lowest BCUT2D eigenvalue weighted by Crippen LogP contribution is -2.03. The number of ether oxygens (including phenoxy) is 1. The molecule has 0 saturated carbocycles. The molecule has 1 fully saturated rings. The highest BCUT2D eigenvalue weighted by molar-refractivity contribution is 5.69. The van der Waals surface area contributed by atoms with Crippen LogP contribution >= 0.6 is 0 Å². The molecule has 1 rings (SSSR count). The van der Waals surface area contributed by atoms with Crippen molar-refractivity contribution >= 4 is 5.97 Å². The topological polar surface area (TPSA) is 26.3 Å². The highest BCUT2D eigenvalue weighted by Gasteiger charge is 2.13. The molecule has 0 N–H and O–H groups in total. The molecule has 1 saturated heterocycles. The molecule has 2 nitrogen and oxygen atoms in total. The van der Waals surface area contributed by atoms with Gasteiger partial charge in [0.25, 0.3) is 0 Å². The van der Waals surface area contributed by atoms with Gasteiger partial charge in [0.15, 0.2) is 0 Å². The van der Waals surface area contributed by atoms with Gasteiger partial charge in [-0.3, -0.25) is 4.79 Å². The van der Waals surface area contributed by atoms with E-state index < -0.39 is 0 Å². The van der Waals surface area contributed by atoms with E-state index in [0.29, 0.717) is 18.9 Å². The first-order chi connectivity index (χ1) is 4.29. The van der Waals surface area contributed by atoms with Crippen molar-refractivity contribution in [2.24, 2.45) is 5.92 Å². The molecule has 0 aromatic heterocycles. The Morgan fingerprint density at radius 3 is 3.22 bits per heavy atom. The zero-order valence-electron chi connectivity index (χ0n) is 5.72. The molecular formula is C7H12O2. The molecule has 1 unspecified atom stereocenters. The molecule has 0 bridgehead atoms. The molecule has 0 amide bonds. The van der Waals surface area contributed by atoms with Gasteiger partial charge in [0.1, 0.15) is 0 Å². The van der Waals surface area contributed by atoms with Crippen molar-refractivity contribution < 1.29 is 9.53 Å². The van der Waals surface area contributed by atoms with Gasteiger partial charge >= 0.3 is 5.97 Å². The van der Waals surface area contributed by atoms with Gasteiger partial charge in [-0.25, -0.2) is 0 Å². The highest BCUT2D eigenvalue weighted by atomic mass is 16.5. The van der Waals surface area contributed by atoms with Gasteiger partial charge in [0, 0.05) is 6.42 Å². The van der Waals surface area contributed by atoms with Gasteiger partial charge in [-0.15, -0.1) is 0 Å². The number of hydrogen-bond donors (Lipinski definition) is 0. The summed E-state index contributed by atoms with van der Waals surface area (Å²) in [6.07, 6.45) is 2.78. The van der Waals surface area contributed by atoms with Crippen LogP contribution in [0, 0.1) is 5.92 Å². The molecule has 0 aromatic rings. The monoisotopic (exact) mass is 128 g/mol. The number of carbonyl (C=O) groups is 1. The number of cyclic esters (lactones) is 1. The zero-order valence-corrected chi connectivity index (χ0v) is 5.72. The first-order valence-corrected chi connectivity index (χ1v) is 3.44. The summed E-state index contributed by atoms with van der Waals surface area (Å²) in [4.78, 5) is 10.7. The summed E-state index contributed by atoms with van der Waals surface area (Å²) in [5.41, 5.74) is 0. The summed E-state index contributed by atoms with van der Waals surface area (Å²) in [6.45, 7) is 2.72. The van der Waals surface area contributed by atoms with Gasteiger partial charge in [-0.1, -0.05) is 6.92 Å². The van der Waals surface area contributed by atoms with Crippen molar-refractivity contribution in [3.63, 3.8) is 0 Å². The van der Waals surface area contributed by atoms with Crippen LogP contribution in [-0.4, -0.2) is 12.6 Å². The fraction of sp³-hybridized carbons (Fsp3) is 0.857. The number of hydrogen-bond acceptors (Lipinski definition) is 2. The molecule has 9 heavy (non-hydrogen) atoms. The van der Waals surface area contributed by atoms with E-state index in [1.54, 1.807) is 0 Å². The van der Waals surface area contributed by atoms with Crippen molar-refractivity contribution in [1.29, 1.82) is 0 Å². The molecule has 0 aromatic carbocycles. The Morgan fingerprint density at radius 1 is 1.67 bits per heavy atom. The second-order valence-electron chi connectivity index (χ2n) is 2.67. The van der Waals surface area contributed by atoms with E-state index in [-0.39, 0.29) is 5.97 Å². The van der Waals surface area contributed by atoms with Crippen LogP contribution in [0.1, 0.15) is 26.2 Å². The summed E-state index contributed by atoms with van der Waals surface area (Å²) in [5, 5.41) is 0. The van der Waals surface area contributed by atoms with Crippen molar-refractivity contribution in [2.75, 3.05) is 6.61 Å². The third-order valence-electron chi connectivity index (χ3n) is 1.62. The fourth-order valence-corrected chi connectivity index (χ4v) is 1.06. The molecule has 0 radical (unpaired) electrons. The maximum Gasteiger partial charge on any atom is 0.306 e. The molecule has 1 aliphatic rings. The van der Waals surface area contributed by atoms with Crippen molar-refractivity contribution in [3.8, 4) is 0 Å². The molecule has 2 heteroatoms. The van der Waals surface area contributed by atoms with Crippen LogP contribution in [0.4, 0.5) is 0 Å². The quantitative estimate of drug-likeness (QED) is 0.460. The number of rotatable bonds is 0. The second kappa shape index (κ2) is 2.85. The molecular weight excluding hydrogens is 116 g/mol.